The van der Waals surface area contributed by atoms with Crippen LogP contribution >= 0.6 is 0 Å². The molecular weight excluding hydrogens is 681 g/mol. The van der Waals surface area contributed by atoms with E-state index in [1.807, 2.05) is 153 Å². The Bertz CT molecular complexity index is 2630. The van der Waals surface area contributed by atoms with E-state index in [4.69, 9.17) is 4.99 Å². The van der Waals surface area contributed by atoms with Crippen LogP contribution in [0.2, 0.25) is 0 Å². The Balaban J connectivity index is 1.38. The van der Waals surface area contributed by atoms with Gasteiger partial charge in [0.15, 0.2) is 0 Å². The summed E-state index contributed by atoms with van der Waals surface area (Å²) in [4.78, 5) is 45.1. The summed E-state index contributed by atoms with van der Waals surface area (Å²) in [5.41, 5.74) is 11.0. The highest BCUT2D eigenvalue weighted by atomic mass is 16.2. The summed E-state index contributed by atoms with van der Waals surface area (Å²) < 4.78 is 0. The summed E-state index contributed by atoms with van der Waals surface area (Å²) in [5, 5.41) is 6.36. The van der Waals surface area contributed by atoms with Crippen LogP contribution in [0.25, 0.3) is 39.5 Å². The van der Waals surface area contributed by atoms with Crippen molar-refractivity contribution in [3.8, 4) is 22.3 Å². The maximum absolute atomic E-state index is 13.9. The SMILES string of the molecule is Cc1ccccc1C(=O)NC1=NC(=Cc2[nH]c(NC(=O)c3ccccc3C)c(-c3ccncc3)c2-c2ccccc2)C(c2ccccc2)=C1c1ccncc1. The van der Waals surface area contributed by atoms with Crippen LogP contribution in [-0.4, -0.2) is 32.6 Å². The summed E-state index contributed by atoms with van der Waals surface area (Å²) in [7, 11) is 0. The van der Waals surface area contributed by atoms with Gasteiger partial charge in [0.2, 0.25) is 0 Å². The van der Waals surface area contributed by atoms with Crippen LogP contribution in [0.4, 0.5) is 5.82 Å². The van der Waals surface area contributed by atoms with Crippen molar-refractivity contribution in [2.45, 2.75) is 13.8 Å². The number of carbonyl (C=O) groups is 2. The number of H-pyrrole nitrogens is 1. The Kier molecular flexibility index (Phi) is 9.61. The zero-order chi connectivity index (χ0) is 37.7. The molecule has 0 saturated heterocycles. The number of amides is 2. The largest absolute Gasteiger partial charge is 0.341 e. The molecular formula is C47H36N6O2. The van der Waals surface area contributed by atoms with Crippen molar-refractivity contribution in [1.29, 1.82) is 0 Å². The van der Waals surface area contributed by atoms with Crippen LogP contribution in [0.3, 0.4) is 0 Å². The van der Waals surface area contributed by atoms with Gasteiger partial charge in [-0.2, -0.15) is 0 Å². The number of benzene rings is 4. The van der Waals surface area contributed by atoms with E-state index >= 15 is 0 Å². The van der Waals surface area contributed by atoms with Gasteiger partial charge in [0.05, 0.1) is 11.4 Å². The van der Waals surface area contributed by atoms with Crippen molar-refractivity contribution >= 4 is 40.7 Å². The fourth-order valence-corrected chi connectivity index (χ4v) is 6.95. The van der Waals surface area contributed by atoms with E-state index in [0.29, 0.717) is 34.2 Å². The number of aromatic amines is 1. The summed E-state index contributed by atoms with van der Waals surface area (Å²) in [6.07, 6.45) is 8.94. The molecule has 0 atom stereocenters. The Morgan fingerprint density at radius 2 is 1.00 bits per heavy atom. The highest BCUT2D eigenvalue weighted by molar-refractivity contribution is 6.38. The van der Waals surface area contributed by atoms with Crippen LogP contribution in [0.1, 0.15) is 48.7 Å². The van der Waals surface area contributed by atoms with Gasteiger partial charge in [-0.05, 0) is 89.7 Å². The predicted octanol–water partition coefficient (Wildman–Crippen LogP) is 9.80. The van der Waals surface area contributed by atoms with Crippen molar-refractivity contribution < 1.29 is 9.59 Å². The molecule has 0 fully saturated rings. The van der Waals surface area contributed by atoms with E-state index in [1.165, 1.54) is 0 Å². The molecule has 4 aromatic carbocycles. The third kappa shape index (κ3) is 7.04. The Labute approximate surface area is 319 Å². The normalized spacial score (nSPS) is 13.1. The van der Waals surface area contributed by atoms with E-state index in [-0.39, 0.29) is 11.8 Å². The number of allylic oxidation sites excluding steroid dienone is 1. The van der Waals surface area contributed by atoms with Crippen LogP contribution in [-0.2, 0) is 0 Å². The number of aromatic nitrogens is 3. The number of aliphatic imine (C=N–C) groups is 1. The third-order valence-electron chi connectivity index (χ3n) is 9.60. The fraction of sp³-hybridized carbons (Fsp3) is 0.0426. The molecule has 0 radical (unpaired) electrons. The number of aryl methyl sites for hydroxylation is 2. The Hall–Kier alpha value is -7.45. The van der Waals surface area contributed by atoms with Crippen molar-refractivity contribution in [1.82, 2.24) is 20.3 Å². The molecule has 0 unspecified atom stereocenters. The molecule has 8 rings (SSSR count). The van der Waals surface area contributed by atoms with Crippen molar-refractivity contribution in [2.75, 3.05) is 5.32 Å². The molecule has 0 spiro atoms. The standard InChI is InChI=1S/C47H36N6O2/c1-30-13-9-11-19-36(30)46(54)52-44-42(34-21-25-48-26-22-34)40(32-15-5-3-6-16-32)38(50-44)29-39-41(33-17-7-4-8-18-33)43(35-23-27-49-28-24-35)45(51-39)53-47(55)37-20-12-10-14-31(37)2/h3-29,50H,1-2H3,(H,52,54)(H,51,53,55). The van der Waals surface area contributed by atoms with Gasteiger partial charge in [-0.1, -0.05) is 97.1 Å². The molecule has 55 heavy (non-hydrogen) atoms. The Morgan fingerprint density at radius 1 is 0.527 bits per heavy atom. The van der Waals surface area contributed by atoms with E-state index in [2.05, 4.69) is 25.6 Å². The monoisotopic (exact) mass is 716 g/mol. The van der Waals surface area contributed by atoms with E-state index in [0.717, 1.165) is 55.7 Å². The quantitative estimate of drug-likeness (QED) is 0.145. The number of amidine groups is 1. The summed E-state index contributed by atoms with van der Waals surface area (Å²) >= 11 is 0. The Morgan fingerprint density at radius 3 is 1.58 bits per heavy atom. The summed E-state index contributed by atoms with van der Waals surface area (Å²) in [6, 6.07) is 42.8. The van der Waals surface area contributed by atoms with Gasteiger partial charge in [0, 0.05) is 58.2 Å². The zero-order valence-electron chi connectivity index (χ0n) is 30.2. The van der Waals surface area contributed by atoms with Gasteiger partial charge in [-0.25, -0.2) is 4.99 Å². The summed E-state index contributed by atoms with van der Waals surface area (Å²) in [5.74, 6) is 0.445. The predicted molar refractivity (Wildman–Crippen MR) is 220 cm³/mol. The molecule has 266 valence electrons. The van der Waals surface area contributed by atoms with Gasteiger partial charge < -0.3 is 15.6 Å². The third-order valence-corrected chi connectivity index (χ3v) is 9.60. The van der Waals surface area contributed by atoms with E-state index in [9.17, 15) is 9.59 Å². The average Bonchev–Trinajstić information content (AvgIpc) is 3.76. The molecule has 2 amide bonds. The second-order valence-corrected chi connectivity index (χ2v) is 13.1. The second-order valence-electron chi connectivity index (χ2n) is 13.1. The first-order valence-corrected chi connectivity index (χ1v) is 17.9. The average molecular weight is 717 g/mol. The lowest BCUT2D eigenvalue weighted by Crippen LogP contribution is -2.31. The van der Waals surface area contributed by atoms with Crippen molar-refractivity contribution in [2.24, 2.45) is 4.99 Å². The number of carbonyl (C=O) groups excluding carboxylic acids is 2. The molecule has 1 aliphatic rings. The maximum Gasteiger partial charge on any atom is 0.257 e. The van der Waals surface area contributed by atoms with Crippen molar-refractivity contribution in [3.05, 3.63) is 203 Å². The summed E-state index contributed by atoms with van der Waals surface area (Å²) in [6.45, 7) is 3.84. The van der Waals surface area contributed by atoms with Gasteiger partial charge in [-0.15, -0.1) is 0 Å². The minimum Gasteiger partial charge on any atom is -0.341 e. The maximum atomic E-state index is 13.9. The number of hydrogen-bond acceptors (Lipinski definition) is 5. The lowest BCUT2D eigenvalue weighted by molar-refractivity contribution is 0.0975. The van der Waals surface area contributed by atoms with E-state index < -0.39 is 0 Å². The van der Waals surface area contributed by atoms with Crippen molar-refractivity contribution in [3.63, 3.8) is 0 Å². The molecule has 0 saturated carbocycles. The molecule has 8 heteroatoms. The lowest BCUT2D eigenvalue weighted by atomic mass is 9.92. The number of rotatable bonds is 8. The molecule has 3 N–H and O–H groups in total. The molecule has 0 bridgehead atoms. The highest BCUT2D eigenvalue weighted by Gasteiger charge is 2.30. The number of hydrogen-bond donors (Lipinski definition) is 3. The topological polar surface area (TPSA) is 112 Å². The van der Waals surface area contributed by atoms with Gasteiger partial charge >= 0.3 is 0 Å². The molecule has 0 aliphatic carbocycles. The van der Waals surface area contributed by atoms with Crippen LogP contribution in [0, 0.1) is 13.8 Å². The number of pyridine rings is 2. The lowest BCUT2D eigenvalue weighted by Gasteiger charge is -2.13. The molecule has 8 nitrogen and oxygen atoms in total. The van der Waals surface area contributed by atoms with Gasteiger partial charge in [-0.3, -0.25) is 19.6 Å². The molecule has 4 heterocycles. The molecule has 7 aromatic rings. The molecule has 1 aliphatic heterocycles. The second kappa shape index (κ2) is 15.3. The highest BCUT2D eigenvalue weighted by Crippen LogP contribution is 2.45. The smallest absolute Gasteiger partial charge is 0.257 e. The fourth-order valence-electron chi connectivity index (χ4n) is 6.95. The minimum atomic E-state index is -0.261. The first-order chi connectivity index (χ1) is 27.0. The van der Waals surface area contributed by atoms with E-state index in [1.54, 1.807) is 24.8 Å². The number of nitrogens with zero attached hydrogens (tertiary/aromatic N) is 3. The molecule has 3 aromatic heterocycles. The zero-order valence-corrected chi connectivity index (χ0v) is 30.2. The number of anilines is 1. The van der Waals surface area contributed by atoms with Crippen LogP contribution in [0.15, 0.2) is 169 Å². The van der Waals surface area contributed by atoms with Gasteiger partial charge in [0.1, 0.15) is 11.7 Å². The number of nitrogens with one attached hydrogen (secondary N) is 3. The van der Waals surface area contributed by atoms with Gasteiger partial charge in [0.25, 0.3) is 11.8 Å². The first-order valence-electron chi connectivity index (χ1n) is 17.9. The minimum absolute atomic E-state index is 0.238. The van der Waals surface area contributed by atoms with Crippen LogP contribution < -0.4 is 10.6 Å². The van der Waals surface area contributed by atoms with Crippen LogP contribution in [0.5, 0.6) is 0 Å². The first kappa shape index (κ1) is 34.6.